The highest BCUT2D eigenvalue weighted by Crippen LogP contribution is 2.38. The summed E-state index contributed by atoms with van der Waals surface area (Å²) < 4.78 is 43.5. The molecule has 1 fully saturated rings. The SMILES string of the molecule is CC(C)n1cc(C(=O)c2cc(NC(=O)Cc3cn(C4CC4)nc3C(F)(F)F)ccn2)c2cnccc21. The quantitative estimate of drug-likeness (QED) is 0.365. The third kappa shape index (κ3) is 4.60. The fourth-order valence-corrected chi connectivity index (χ4v) is 4.18. The smallest absolute Gasteiger partial charge is 0.344 e. The van der Waals surface area contributed by atoms with Crippen LogP contribution in [0.4, 0.5) is 18.9 Å². The number of nitrogens with zero attached hydrogens (tertiary/aromatic N) is 5. The third-order valence-electron chi connectivity index (χ3n) is 6.06. The van der Waals surface area contributed by atoms with Crippen LogP contribution in [0.1, 0.15) is 66.1 Å². The highest BCUT2D eigenvalue weighted by molar-refractivity contribution is 6.15. The number of halogens is 3. The molecule has 0 spiro atoms. The molecule has 4 aromatic heterocycles. The molecular formula is C25H23F3N6O2. The summed E-state index contributed by atoms with van der Waals surface area (Å²) in [5.74, 6) is -1.00. The standard InChI is InChI=1S/C25H23F3N6O2/c1-14(2)33-13-19(18-11-29-7-6-21(18)33)23(36)20-10-16(5-8-30-20)31-22(35)9-15-12-34(17-3-4-17)32-24(15)25(26,27)28/h5-8,10-14,17H,3-4,9H2,1-2H3,(H,30,31,35). The van der Waals surface area contributed by atoms with Gasteiger partial charge in [-0.1, -0.05) is 0 Å². The van der Waals surface area contributed by atoms with E-state index >= 15 is 0 Å². The van der Waals surface area contributed by atoms with E-state index < -0.39 is 24.2 Å². The Morgan fingerprint density at radius 2 is 1.94 bits per heavy atom. The van der Waals surface area contributed by atoms with Crippen LogP contribution in [0.2, 0.25) is 0 Å². The lowest BCUT2D eigenvalue weighted by Crippen LogP contribution is -2.18. The van der Waals surface area contributed by atoms with Crippen LogP contribution in [0.3, 0.4) is 0 Å². The van der Waals surface area contributed by atoms with Gasteiger partial charge in [-0.2, -0.15) is 18.3 Å². The first kappa shape index (κ1) is 23.7. The van der Waals surface area contributed by atoms with Crippen LogP contribution in [-0.2, 0) is 17.4 Å². The minimum Gasteiger partial charge on any atom is -0.344 e. The molecule has 36 heavy (non-hydrogen) atoms. The summed E-state index contributed by atoms with van der Waals surface area (Å²) in [6, 6.07) is 4.78. The van der Waals surface area contributed by atoms with Crippen molar-refractivity contribution in [3.05, 3.63) is 71.7 Å². The molecule has 4 aromatic rings. The van der Waals surface area contributed by atoms with Gasteiger partial charge in [0.1, 0.15) is 5.69 Å². The Kier molecular flexibility index (Phi) is 5.85. The van der Waals surface area contributed by atoms with Crippen LogP contribution >= 0.6 is 0 Å². The van der Waals surface area contributed by atoms with Gasteiger partial charge in [0.2, 0.25) is 11.7 Å². The Bertz CT molecular complexity index is 1470. The maximum absolute atomic E-state index is 13.4. The van der Waals surface area contributed by atoms with Crippen molar-refractivity contribution in [1.82, 2.24) is 24.3 Å². The molecule has 0 aliphatic heterocycles. The number of aromatic nitrogens is 5. The van der Waals surface area contributed by atoms with Crippen molar-refractivity contribution in [3.8, 4) is 0 Å². The van der Waals surface area contributed by atoms with Gasteiger partial charge in [0, 0.05) is 53.7 Å². The first-order valence-electron chi connectivity index (χ1n) is 11.5. The Morgan fingerprint density at radius 3 is 2.64 bits per heavy atom. The molecule has 5 rings (SSSR count). The molecular weight excluding hydrogens is 473 g/mol. The molecule has 1 aliphatic rings. The predicted molar refractivity (Wildman–Crippen MR) is 126 cm³/mol. The Morgan fingerprint density at radius 1 is 1.17 bits per heavy atom. The number of carbonyl (C=O) groups excluding carboxylic acids is 2. The van der Waals surface area contributed by atoms with Crippen molar-refractivity contribution in [3.63, 3.8) is 0 Å². The van der Waals surface area contributed by atoms with E-state index in [4.69, 9.17) is 0 Å². The second-order valence-corrected chi connectivity index (χ2v) is 9.13. The van der Waals surface area contributed by atoms with Gasteiger partial charge >= 0.3 is 6.18 Å². The Hall–Kier alpha value is -4.02. The van der Waals surface area contributed by atoms with Gasteiger partial charge < -0.3 is 9.88 Å². The molecule has 1 amide bonds. The van der Waals surface area contributed by atoms with Crippen molar-refractivity contribution in [1.29, 1.82) is 0 Å². The summed E-state index contributed by atoms with van der Waals surface area (Å²) in [4.78, 5) is 34.2. The molecule has 11 heteroatoms. The Labute approximate surface area is 204 Å². The molecule has 0 atom stereocenters. The van der Waals surface area contributed by atoms with Crippen molar-refractivity contribution in [2.75, 3.05) is 5.32 Å². The molecule has 0 aromatic carbocycles. The molecule has 0 bridgehead atoms. The first-order chi connectivity index (χ1) is 17.1. The molecule has 0 saturated heterocycles. The largest absolute Gasteiger partial charge is 0.435 e. The second-order valence-electron chi connectivity index (χ2n) is 9.13. The maximum atomic E-state index is 13.4. The number of hydrogen-bond acceptors (Lipinski definition) is 5. The van der Waals surface area contributed by atoms with E-state index in [0.29, 0.717) is 10.9 Å². The third-order valence-corrected chi connectivity index (χ3v) is 6.06. The number of hydrogen-bond donors (Lipinski definition) is 1. The highest BCUT2D eigenvalue weighted by Gasteiger charge is 2.39. The normalized spacial score (nSPS) is 13.9. The monoisotopic (exact) mass is 496 g/mol. The summed E-state index contributed by atoms with van der Waals surface area (Å²) in [7, 11) is 0. The van der Waals surface area contributed by atoms with Gasteiger partial charge in [-0.25, -0.2) is 0 Å². The van der Waals surface area contributed by atoms with Crippen LogP contribution in [0.15, 0.2) is 49.2 Å². The fraction of sp³-hybridized carbons (Fsp3) is 0.320. The van der Waals surface area contributed by atoms with Crippen molar-refractivity contribution in [2.45, 2.75) is 51.4 Å². The zero-order chi connectivity index (χ0) is 25.6. The lowest BCUT2D eigenvalue weighted by Gasteiger charge is -2.08. The van der Waals surface area contributed by atoms with Crippen LogP contribution < -0.4 is 5.32 Å². The number of carbonyl (C=O) groups is 2. The van der Waals surface area contributed by atoms with E-state index in [1.807, 2.05) is 24.5 Å². The lowest BCUT2D eigenvalue weighted by molar-refractivity contribution is -0.142. The summed E-state index contributed by atoms with van der Waals surface area (Å²) >= 11 is 0. The van der Waals surface area contributed by atoms with Gasteiger partial charge in [-0.3, -0.25) is 24.2 Å². The summed E-state index contributed by atoms with van der Waals surface area (Å²) in [6.07, 6.45) is 4.07. The highest BCUT2D eigenvalue weighted by atomic mass is 19.4. The molecule has 1 aliphatic carbocycles. The number of fused-ring (bicyclic) bond motifs is 1. The maximum Gasteiger partial charge on any atom is 0.435 e. The first-order valence-corrected chi connectivity index (χ1v) is 11.5. The number of amides is 1. The van der Waals surface area contributed by atoms with E-state index in [2.05, 4.69) is 20.4 Å². The number of pyridine rings is 2. The summed E-state index contributed by atoms with van der Waals surface area (Å²) in [5.41, 5.74) is 0.394. The lowest BCUT2D eigenvalue weighted by atomic mass is 10.1. The average Bonchev–Trinajstić information content (AvgIpc) is 3.46. The van der Waals surface area contributed by atoms with Crippen molar-refractivity contribution < 1.29 is 22.8 Å². The van der Waals surface area contributed by atoms with Crippen LogP contribution in [-0.4, -0.2) is 36.0 Å². The number of alkyl halides is 3. The van der Waals surface area contributed by atoms with Crippen LogP contribution in [0.25, 0.3) is 10.9 Å². The van der Waals surface area contributed by atoms with Crippen LogP contribution in [0.5, 0.6) is 0 Å². The minimum absolute atomic E-state index is 0.0477. The van der Waals surface area contributed by atoms with E-state index in [9.17, 15) is 22.8 Å². The molecule has 1 saturated carbocycles. The molecule has 8 nitrogen and oxygen atoms in total. The molecule has 4 heterocycles. The van der Waals surface area contributed by atoms with E-state index in [0.717, 1.165) is 18.4 Å². The number of ketones is 1. The van der Waals surface area contributed by atoms with Gasteiger partial charge in [0.05, 0.1) is 23.5 Å². The minimum atomic E-state index is -4.66. The van der Waals surface area contributed by atoms with Crippen LogP contribution in [0, 0.1) is 0 Å². The van der Waals surface area contributed by atoms with Crippen molar-refractivity contribution in [2.24, 2.45) is 0 Å². The number of nitrogens with one attached hydrogen (secondary N) is 1. The van der Waals surface area contributed by atoms with Gasteiger partial charge in [0.25, 0.3) is 0 Å². The molecule has 1 N–H and O–H groups in total. The van der Waals surface area contributed by atoms with Crippen molar-refractivity contribution >= 4 is 28.3 Å². The van der Waals surface area contributed by atoms with E-state index in [1.54, 1.807) is 18.6 Å². The molecule has 0 radical (unpaired) electrons. The summed E-state index contributed by atoms with van der Waals surface area (Å²) in [6.45, 7) is 4.00. The Balaban J connectivity index is 1.37. The zero-order valence-electron chi connectivity index (χ0n) is 19.6. The van der Waals surface area contributed by atoms with E-state index in [1.165, 1.54) is 29.2 Å². The van der Waals surface area contributed by atoms with E-state index in [-0.39, 0.29) is 34.8 Å². The topological polar surface area (TPSA) is 94.7 Å². The predicted octanol–water partition coefficient (Wildman–Crippen LogP) is 4.97. The average molecular weight is 496 g/mol. The second kappa shape index (κ2) is 8.89. The fourth-order valence-electron chi connectivity index (χ4n) is 4.18. The van der Waals surface area contributed by atoms with Gasteiger partial charge in [-0.05, 0) is 44.9 Å². The van der Waals surface area contributed by atoms with Gasteiger partial charge in [-0.15, -0.1) is 0 Å². The molecule has 0 unspecified atom stereocenters. The molecule has 186 valence electrons. The zero-order valence-corrected chi connectivity index (χ0v) is 19.6. The van der Waals surface area contributed by atoms with Gasteiger partial charge in [0.15, 0.2) is 5.69 Å². The number of anilines is 1. The summed E-state index contributed by atoms with van der Waals surface area (Å²) in [5, 5.41) is 6.92. The number of rotatable bonds is 7.